The van der Waals surface area contributed by atoms with Crippen molar-refractivity contribution in [3.63, 3.8) is 0 Å². The zero-order chi connectivity index (χ0) is 18.2. The van der Waals surface area contributed by atoms with Gasteiger partial charge in [-0.25, -0.2) is 4.39 Å². The molecule has 1 N–H and O–H groups in total. The van der Waals surface area contributed by atoms with Gasteiger partial charge in [0, 0.05) is 11.1 Å². The van der Waals surface area contributed by atoms with Crippen molar-refractivity contribution in [1.82, 2.24) is 0 Å². The molecule has 25 heavy (non-hydrogen) atoms. The fraction of sp³-hybridized carbons (Fsp3) is 0.211. The number of halogens is 2. The summed E-state index contributed by atoms with van der Waals surface area (Å²) in [5.74, 6) is 0.189. The maximum Gasteiger partial charge on any atom is 0.248 e. The summed E-state index contributed by atoms with van der Waals surface area (Å²) in [4.78, 5) is 11.9. The smallest absolute Gasteiger partial charge is 0.248 e. The summed E-state index contributed by atoms with van der Waals surface area (Å²) >= 11 is 5.68. The Hall–Kier alpha value is -2.53. The van der Waals surface area contributed by atoms with E-state index >= 15 is 0 Å². The van der Waals surface area contributed by atoms with Crippen molar-refractivity contribution in [2.45, 2.75) is 13.3 Å². The zero-order valence-electron chi connectivity index (χ0n) is 14.0. The lowest BCUT2D eigenvalue weighted by molar-refractivity contribution is -0.111. The van der Waals surface area contributed by atoms with Crippen LogP contribution in [0.3, 0.4) is 0 Å². The highest BCUT2D eigenvalue weighted by molar-refractivity contribution is 6.30. The summed E-state index contributed by atoms with van der Waals surface area (Å²) < 4.78 is 24.5. The van der Waals surface area contributed by atoms with Crippen LogP contribution >= 0.6 is 11.6 Å². The Morgan fingerprint density at radius 3 is 2.72 bits per heavy atom. The summed E-state index contributed by atoms with van der Waals surface area (Å²) in [6.45, 7) is 2.62. The molecule has 0 saturated heterocycles. The van der Waals surface area contributed by atoms with Crippen LogP contribution in [0.25, 0.3) is 6.08 Å². The van der Waals surface area contributed by atoms with Crippen LogP contribution in [0.2, 0.25) is 5.02 Å². The van der Waals surface area contributed by atoms with Crippen LogP contribution in [-0.4, -0.2) is 19.6 Å². The first-order chi connectivity index (χ1) is 12.0. The van der Waals surface area contributed by atoms with Crippen LogP contribution in [0, 0.1) is 5.82 Å². The molecular formula is C19H19ClFNO3. The monoisotopic (exact) mass is 363 g/mol. The fourth-order valence-electron chi connectivity index (χ4n) is 2.06. The van der Waals surface area contributed by atoms with E-state index in [0.29, 0.717) is 18.1 Å². The van der Waals surface area contributed by atoms with Gasteiger partial charge in [-0.05, 0) is 48.4 Å². The number of hydrogen-bond donors (Lipinski definition) is 1. The van der Waals surface area contributed by atoms with E-state index in [1.54, 1.807) is 31.4 Å². The van der Waals surface area contributed by atoms with E-state index in [2.05, 4.69) is 5.32 Å². The Balaban J connectivity index is 2.06. The number of ether oxygens (including phenoxy) is 2. The number of methoxy groups -OCH3 is 1. The first-order valence-electron chi connectivity index (χ1n) is 7.78. The van der Waals surface area contributed by atoms with Crippen LogP contribution in [0.1, 0.15) is 18.9 Å². The summed E-state index contributed by atoms with van der Waals surface area (Å²) in [6, 6.07) is 9.40. The number of rotatable bonds is 7. The first kappa shape index (κ1) is 18.8. The van der Waals surface area contributed by atoms with Crippen molar-refractivity contribution in [3.8, 4) is 11.5 Å². The van der Waals surface area contributed by atoms with Crippen molar-refractivity contribution in [3.05, 3.63) is 58.9 Å². The van der Waals surface area contributed by atoms with Crippen LogP contribution < -0.4 is 14.8 Å². The normalized spacial score (nSPS) is 10.7. The van der Waals surface area contributed by atoms with Gasteiger partial charge in [-0.1, -0.05) is 24.6 Å². The number of amides is 1. The minimum atomic E-state index is -0.589. The van der Waals surface area contributed by atoms with E-state index in [4.69, 9.17) is 21.1 Å². The van der Waals surface area contributed by atoms with Crippen molar-refractivity contribution in [1.29, 1.82) is 0 Å². The molecule has 0 fully saturated rings. The van der Waals surface area contributed by atoms with E-state index in [9.17, 15) is 9.18 Å². The molecule has 0 saturated carbocycles. The van der Waals surface area contributed by atoms with Gasteiger partial charge in [0.1, 0.15) is 5.82 Å². The Labute approximate surface area is 151 Å². The van der Waals surface area contributed by atoms with Gasteiger partial charge in [-0.15, -0.1) is 0 Å². The molecule has 0 aliphatic carbocycles. The highest BCUT2D eigenvalue weighted by Gasteiger charge is 2.07. The Morgan fingerprint density at radius 2 is 2.04 bits per heavy atom. The highest BCUT2D eigenvalue weighted by atomic mass is 35.5. The second-order valence-corrected chi connectivity index (χ2v) is 5.64. The third-order valence-electron chi connectivity index (χ3n) is 3.27. The Bertz CT molecular complexity index is 777. The van der Waals surface area contributed by atoms with E-state index in [1.807, 2.05) is 6.92 Å². The van der Waals surface area contributed by atoms with Crippen molar-refractivity contribution < 1.29 is 18.7 Å². The molecule has 0 aromatic heterocycles. The molecule has 132 valence electrons. The standard InChI is InChI=1S/C19H19ClFNO3/c1-3-10-25-17-8-4-13(11-18(17)24-2)5-9-19(23)22-16-7-6-14(20)12-15(16)21/h4-9,11-12H,3,10H2,1-2H3,(H,22,23)/b9-5+. The SMILES string of the molecule is CCCOc1ccc(/C=C/C(=O)Nc2ccc(Cl)cc2F)cc1OC. The molecular weight excluding hydrogens is 345 g/mol. The van der Waals surface area contributed by atoms with Gasteiger partial charge in [-0.2, -0.15) is 0 Å². The molecule has 2 rings (SSSR count). The van der Waals surface area contributed by atoms with E-state index in [0.717, 1.165) is 18.1 Å². The van der Waals surface area contributed by atoms with Crippen LogP contribution in [0.15, 0.2) is 42.5 Å². The molecule has 0 bridgehead atoms. The third kappa shape index (κ3) is 5.50. The number of nitrogens with one attached hydrogen (secondary N) is 1. The molecule has 0 atom stereocenters. The number of anilines is 1. The quantitative estimate of drug-likeness (QED) is 0.709. The lowest BCUT2D eigenvalue weighted by atomic mass is 10.2. The number of benzene rings is 2. The summed E-state index contributed by atoms with van der Waals surface area (Å²) in [5, 5.41) is 2.73. The van der Waals surface area contributed by atoms with Crippen molar-refractivity contribution in [2.24, 2.45) is 0 Å². The van der Waals surface area contributed by atoms with Crippen molar-refractivity contribution >= 4 is 29.3 Å². The van der Waals surface area contributed by atoms with Crippen LogP contribution in [0.5, 0.6) is 11.5 Å². The Kier molecular flexibility index (Phi) is 6.83. The molecule has 4 nitrogen and oxygen atoms in total. The minimum absolute atomic E-state index is 0.0694. The summed E-state index contributed by atoms with van der Waals surface area (Å²) in [5.41, 5.74) is 0.826. The molecule has 2 aromatic carbocycles. The summed E-state index contributed by atoms with van der Waals surface area (Å²) in [7, 11) is 1.55. The molecule has 0 aliphatic heterocycles. The van der Waals surface area contributed by atoms with Crippen LogP contribution in [0.4, 0.5) is 10.1 Å². The molecule has 0 unspecified atom stereocenters. The average molecular weight is 364 g/mol. The van der Waals surface area contributed by atoms with Gasteiger partial charge < -0.3 is 14.8 Å². The number of hydrogen-bond acceptors (Lipinski definition) is 3. The van der Waals surface area contributed by atoms with Gasteiger partial charge in [0.25, 0.3) is 0 Å². The second-order valence-electron chi connectivity index (χ2n) is 5.21. The fourth-order valence-corrected chi connectivity index (χ4v) is 2.22. The lowest BCUT2D eigenvalue weighted by Gasteiger charge is -2.10. The maximum atomic E-state index is 13.7. The highest BCUT2D eigenvalue weighted by Crippen LogP contribution is 2.28. The van der Waals surface area contributed by atoms with Crippen LogP contribution in [-0.2, 0) is 4.79 Å². The topological polar surface area (TPSA) is 47.6 Å². The lowest BCUT2D eigenvalue weighted by Crippen LogP contribution is -2.09. The summed E-state index contributed by atoms with van der Waals surface area (Å²) in [6.07, 6.45) is 3.82. The van der Waals surface area contributed by atoms with Gasteiger partial charge in [0.2, 0.25) is 5.91 Å². The largest absolute Gasteiger partial charge is 0.493 e. The molecule has 1 amide bonds. The van der Waals surface area contributed by atoms with E-state index in [1.165, 1.54) is 18.2 Å². The molecule has 2 aromatic rings. The van der Waals surface area contributed by atoms with Gasteiger partial charge in [-0.3, -0.25) is 4.79 Å². The maximum absolute atomic E-state index is 13.7. The van der Waals surface area contributed by atoms with Gasteiger partial charge >= 0.3 is 0 Å². The first-order valence-corrected chi connectivity index (χ1v) is 8.16. The van der Waals surface area contributed by atoms with Gasteiger partial charge in [0.15, 0.2) is 11.5 Å². The van der Waals surface area contributed by atoms with E-state index < -0.39 is 11.7 Å². The number of carbonyl (C=O) groups is 1. The van der Waals surface area contributed by atoms with Crippen molar-refractivity contribution in [2.75, 3.05) is 19.0 Å². The Morgan fingerprint density at radius 1 is 1.24 bits per heavy atom. The predicted octanol–water partition coefficient (Wildman–Crippen LogP) is 4.93. The minimum Gasteiger partial charge on any atom is -0.493 e. The van der Waals surface area contributed by atoms with Gasteiger partial charge in [0.05, 0.1) is 19.4 Å². The molecule has 0 heterocycles. The average Bonchev–Trinajstić information content (AvgIpc) is 2.60. The predicted molar refractivity (Wildman–Crippen MR) is 97.9 cm³/mol. The number of carbonyl (C=O) groups excluding carboxylic acids is 1. The molecule has 6 heteroatoms. The molecule has 0 spiro atoms. The molecule has 0 radical (unpaired) electrons. The molecule has 0 aliphatic rings. The van der Waals surface area contributed by atoms with E-state index in [-0.39, 0.29) is 10.7 Å². The third-order valence-corrected chi connectivity index (χ3v) is 3.50. The second kappa shape index (κ2) is 9.08. The zero-order valence-corrected chi connectivity index (χ0v) is 14.8.